The van der Waals surface area contributed by atoms with Crippen LogP contribution in [-0.2, 0) is 0 Å². The molecule has 0 aromatic heterocycles. The number of carbonyl (C=O) groups is 1. The Balaban J connectivity index is 1.71. The highest BCUT2D eigenvalue weighted by Gasteiger charge is 2.13. The number of nitrogens with one attached hydrogen (secondary N) is 2. The highest BCUT2D eigenvalue weighted by atomic mass is 19.1. The Kier molecular flexibility index (Phi) is 6.11. The molecule has 116 valence electrons. The molecule has 0 aliphatic heterocycles. The lowest BCUT2D eigenvalue weighted by molar-refractivity contribution is 0.0949. The van der Waals surface area contributed by atoms with Crippen LogP contribution in [0.25, 0.3) is 0 Å². The molecular weight excluding hydrogens is 274 g/mol. The molecule has 1 aromatic carbocycles. The zero-order valence-corrected chi connectivity index (χ0v) is 12.1. The molecule has 1 aromatic rings. The van der Waals surface area contributed by atoms with E-state index in [1.807, 2.05) is 0 Å². The number of carbonyl (C=O) groups excluding carboxylic acids is 1. The summed E-state index contributed by atoms with van der Waals surface area (Å²) in [6.45, 7) is 1.10. The van der Waals surface area contributed by atoms with Gasteiger partial charge in [0.05, 0.1) is 5.56 Å². The summed E-state index contributed by atoms with van der Waals surface area (Å²) in [4.78, 5) is 11.8. The van der Waals surface area contributed by atoms with Gasteiger partial charge in [-0.3, -0.25) is 4.79 Å². The van der Waals surface area contributed by atoms with E-state index in [1.54, 1.807) is 0 Å². The Bertz CT molecular complexity index is 471. The minimum atomic E-state index is -0.829. The number of benzene rings is 1. The zero-order valence-electron chi connectivity index (χ0n) is 12.1. The standard InChI is InChI=1S/C16H22F2N2O/c17-12-7-8-14(15(18)11-12)16(21)20-10-9-19-13-5-3-1-2-4-6-13/h7-8,11,13,19H,1-6,9-10H2,(H,20,21). The molecule has 0 radical (unpaired) electrons. The molecule has 0 unspecified atom stereocenters. The van der Waals surface area contributed by atoms with E-state index in [9.17, 15) is 13.6 Å². The van der Waals surface area contributed by atoms with Crippen molar-refractivity contribution in [3.05, 3.63) is 35.4 Å². The van der Waals surface area contributed by atoms with E-state index < -0.39 is 17.5 Å². The second-order valence-electron chi connectivity index (χ2n) is 5.52. The average molecular weight is 296 g/mol. The molecule has 0 bridgehead atoms. The van der Waals surface area contributed by atoms with Crippen LogP contribution in [-0.4, -0.2) is 25.0 Å². The molecule has 2 rings (SSSR count). The Morgan fingerprint density at radius 2 is 1.81 bits per heavy atom. The first-order valence-corrected chi connectivity index (χ1v) is 7.63. The summed E-state index contributed by atoms with van der Waals surface area (Å²) in [5.74, 6) is -2.02. The van der Waals surface area contributed by atoms with Gasteiger partial charge in [0.15, 0.2) is 0 Å². The van der Waals surface area contributed by atoms with Crippen molar-refractivity contribution >= 4 is 5.91 Å². The number of hydrogen-bond acceptors (Lipinski definition) is 2. The summed E-state index contributed by atoms with van der Waals surface area (Å²) < 4.78 is 26.2. The van der Waals surface area contributed by atoms with Crippen LogP contribution >= 0.6 is 0 Å². The third-order valence-electron chi connectivity index (χ3n) is 3.87. The molecule has 3 nitrogen and oxygen atoms in total. The molecule has 0 saturated heterocycles. The second-order valence-corrected chi connectivity index (χ2v) is 5.52. The summed E-state index contributed by atoms with van der Waals surface area (Å²) in [5.41, 5.74) is -0.120. The van der Waals surface area contributed by atoms with Gasteiger partial charge in [-0.2, -0.15) is 0 Å². The highest BCUT2D eigenvalue weighted by Crippen LogP contribution is 2.16. The van der Waals surface area contributed by atoms with E-state index in [4.69, 9.17) is 0 Å². The Hall–Kier alpha value is -1.49. The SMILES string of the molecule is O=C(NCCNC1CCCCCC1)c1ccc(F)cc1F. The number of halogens is 2. The quantitative estimate of drug-likeness (QED) is 0.648. The first kappa shape index (κ1) is 15.9. The summed E-state index contributed by atoms with van der Waals surface area (Å²) in [6, 6.07) is 3.49. The lowest BCUT2D eigenvalue weighted by Gasteiger charge is -2.16. The maximum Gasteiger partial charge on any atom is 0.254 e. The van der Waals surface area contributed by atoms with Crippen LogP contribution in [0.5, 0.6) is 0 Å². The van der Waals surface area contributed by atoms with Crippen molar-refractivity contribution in [3.63, 3.8) is 0 Å². The van der Waals surface area contributed by atoms with Gasteiger partial charge in [-0.15, -0.1) is 0 Å². The fourth-order valence-electron chi connectivity index (χ4n) is 2.70. The van der Waals surface area contributed by atoms with Crippen molar-refractivity contribution in [2.75, 3.05) is 13.1 Å². The molecular formula is C16H22F2N2O. The monoisotopic (exact) mass is 296 g/mol. The van der Waals surface area contributed by atoms with E-state index in [2.05, 4.69) is 10.6 Å². The molecule has 5 heteroatoms. The smallest absolute Gasteiger partial charge is 0.254 e. The van der Waals surface area contributed by atoms with Crippen LogP contribution in [0.4, 0.5) is 8.78 Å². The summed E-state index contributed by atoms with van der Waals surface area (Å²) in [5, 5.41) is 6.07. The van der Waals surface area contributed by atoms with Crippen molar-refractivity contribution in [1.29, 1.82) is 0 Å². The van der Waals surface area contributed by atoms with Gasteiger partial charge in [-0.1, -0.05) is 25.7 Å². The van der Waals surface area contributed by atoms with E-state index >= 15 is 0 Å². The van der Waals surface area contributed by atoms with Crippen molar-refractivity contribution < 1.29 is 13.6 Å². The fourth-order valence-corrected chi connectivity index (χ4v) is 2.70. The molecule has 1 amide bonds. The normalized spacial score (nSPS) is 16.5. The topological polar surface area (TPSA) is 41.1 Å². The van der Waals surface area contributed by atoms with Crippen LogP contribution in [0.3, 0.4) is 0 Å². The molecule has 1 aliphatic rings. The van der Waals surface area contributed by atoms with Crippen LogP contribution < -0.4 is 10.6 Å². The molecule has 21 heavy (non-hydrogen) atoms. The number of amides is 1. The van der Waals surface area contributed by atoms with Gasteiger partial charge in [0.2, 0.25) is 0 Å². The maximum atomic E-state index is 13.4. The minimum absolute atomic E-state index is 0.120. The van der Waals surface area contributed by atoms with Gasteiger partial charge >= 0.3 is 0 Å². The van der Waals surface area contributed by atoms with Crippen LogP contribution in [0, 0.1) is 11.6 Å². The molecule has 1 fully saturated rings. The predicted octanol–water partition coefficient (Wildman–Crippen LogP) is 3.01. The molecule has 1 saturated carbocycles. The predicted molar refractivity (Wildman–Crippen MR) is 78.2 cm³/mol. The highest BCUT2D eigenvalue weighted by molar-refractivity contribution is 5.94. The Labute approximate surface area is 124 Å². The van der Waals surface area contributed by atoms with Crippen molar-refractivity contribution in [3.8, 4) is 0 Å². The second kappa shape index (κ2) is 8.08. The van der Waals surface area contributed by atoms with Crippen molar-refractivity contribution in [2.24, 2.45) is 0 Å². The molecule has 0 heterocycles. The van der Waals surface area contributed by atoms with Crippen molar-refractivity contribution in [1.82, 2.24) is 10.6 Å². The molecule has 2 N–H and O–H groups in total. The van der Waals surface area contributed by atoms with E-state index in [0.717, 1.165) is 12.1 Å². The minimum Gasteiger partial charge on any atom is -0.351 e. The zero-order chi connectivity index (χ0) is 15.1. The van der Waals surface area contributed by atoms with Gasteiger partial charge < -0.3 is 10.6 Å². The summed E-state index contributed by atoms with van der Waals surface area (Å²) in [7, 11) is 0. The van der Waals surface area contributed by atoms with Gasteiger partial charge in [0.25, 0.3) is 5.91 Å². The first-order valence-electron chi connectivity index (χ1n) is 7.63. The Morgan fingerprint density at radius 3 is 2.48 bits per heavy atom. The molecule has 0 atom stereocenters. The average Bonchev–Trinajstić information content (AvgIpc) is 2.72. The van der Waals surface area contributed by atoms with Gasteiger partial charge in [-0.05, 0) is 25.0 Å². The van der Waals surface area contributed by atoms with Crippen molar-refractivity contribution in [2.45, 2.75) is 44.6 Å². The van der Waals surface area contributed by atoms with E-state index in [1.165, 1.54) is 44.6 Å². The Morgan fingerprint density at radius 1 is 1.10 bits per heavy atom. The fraction of sp³-hybridized carbons (Fsp3) is 0.562. The van der Waals surface area contributed by atoms with Crippen LogP contribution in [0.1, 0.15) is 48.9 Å². The van der Waals surface area contributed by atoms with Crippen LogP contribution in [0.2, 0.25) is 0 Å². The largest absolute Gasteiger partial charge is 0.351 e. The third-order valence-corrected chi connectivity index (χ3v) is 3.87. The summed E-state index contributed by atoms with van der Waals surface area (Å²) in [6.07, 6.45) is 7.48. The first-order chi connectivity index (χ1) is 10.2. The van der Waals surface area contributed by atoms with Gasteiger partial charge in [0.1, 0.15) is 11.6 Å². The molecule has 0 spiro atoms. The van der Waals surface area contributed by atoms with Crippen LogP contribution in [0.15, 0.2) is 18.2 Å². The van der Waals surface area contributed by atoms with E-state index in [-0.39, 0.29) is 5.56 Å². The maximum absolute atomic E-state index is 13.4. The summed E-state index contributed by atoms with van der Waals surface area (Å²) >= 11 is 0. The van der Waals surface area contributed by atoms with Gasteiger partial charge in [0, 0.05) is 25.2 Å². The number of rotatable bonds is 5. The van der Waals surface area contributed by atoms with Gasteiger partial charge in [-0.25, -0.2) is 8.78 Å². The number of hydrogen-bond donors (Lipinski definition) is 2. The van der Waals surface area contributed by atoms with E-state index in [0.29, 0.717) is 19.1 Å². The lowest BCUT2D eigenvalue weighted by Crippen LogP contribution is -2.37. The molecule has 1 aliphatic carbocycles. The lowest BCUT2D eigenvalue weighted by atomic mass is 10.1. The third kappa shape index (κ3) is 5.08.